The number of carbonyl (C=O) groups is 1. The summed E-state index contributed by atoms with van der Waals surface area (Å²) in [6.45, 7) is 2.76. The van der Waals surface area contributed by atoms with E-state index in [-0.39, 0.29) is 11.0 Å². The molecule has 1 saturated carbocycles. The first kappa shape index (κ1) is 27.1. The zero-order chi connectivity index (χ0) is 27.8. The number of alkyl halides is 3. The van der Waals surface area contributed by atoms with Gasteiger partial charge in [-0.2, -0.15) is 13.2 Å². The highest BCUT2D eigenvalue weighted by Gasteiger charge is 2.48. The summed E-state index contributed by atoms with van der Waals surface area (Å²) >= 11 is 0. The summed E-state index contributed by atoms with van der Waals surface area (Å²) in [6.07, 6.45) is 3.19. The maximum atomic E-state index is 13.3. The predicted molar refractivity (Wildman–Crippen MR) is 140 cm³/mol. The predicted octanol–water partition coefficient (Wildman–Crippen LogP) is 4.49. The standard InChI is InChI=1S/C28H33F3N6O2/c1-19-13-27(14-19,26-34-32-18-35(26)2)21-7-6-8-22(12-21)33-24(38)23-11-20(15-36-9-4-3-5-10-36)16-37(25(23)39)17-28(29,30)31/h6-8,11-12,16,18-19H,3-5,9-10,13-15,17H2,1-2H3,(H,33,38). The SMILES string of the molecule is CC1CC(c2cccc(NC(=O)c3cc(CN4CCCCC4)cn(CC(F)(F)F)c3=O)c2)(c2nncn2C)C1. The third-order valence-corrected chi connectivity index (χ3v) is 7.80. The molecule has 11 heteroatoms. The first-order chi connectivity index (χ1) is 18.5. The van der Waals surface area contributed by atoms with Crippen molar-refractivity contribution in [3.63, 3.8) is 0 Å². The Morgan fingerprint density at radius 1 is 1.15 bits per heavy atom. The van der Waals surface area contributed by atoms with Crippen LogP contribution in [-0.2, 0) is 25.6 Å². The van der Waals surface area contributed by atoms with Crippen molar-refractivity contribution in [2.24, 2.45) is 13.0 Å². The second kappa shape index (κ2) is 10.6. The molecule has 2 aliphatic rings. The number of halogens is 3. The Morgan fingerprint density at radius 2 is 1.90 bits per heavy atom. The van der Waals surface area contributed by atoms with Crippen LogP contribution in [0.3, 0.4) is 0 Å². The maximum Gasteiger partial charge on any atom is 0.406 e. The molecule has 2 fully saturated rings. The van der Waals surface area contributed by atoms with E-state index in [0.717, 1.165) is 56.6 Å². The van der Waals surface area contributed by atoms with Crippen LogP contribution in [0.25, 0.3) is 0 Å². The van der Waals surface area contributed by atoms with Gasteiger partial charge in [0.05, 0.1) is 5.41 Å². The molecule has 1 aromatic carbocycles. The number of aromatic nitrogens is 4. The van der Waals surface area contributed by atoms with Crippen molar-refractivity contribution in [2.75, 3.05) is 18.4 Å². The molecule has 0 atom stereocenters. The third-order valence-electron chi connectivity index (χ3n) is 7.80. The highest BCUT2D eigenvalue weighted by atomic mass is 19.4. The van der Waals surface area contributed by atoms with E-state index in [1.807, 2.05) is 29.8 Å². The van der Waals surface area contributed by atoms with Crippen molar-refractivity contribution >= 4 is 11.6 Å². The molecule has 39 heavy (non-hydrogen) atoms. The van der Waals surface area contributed by atoms with Crippen LogP contribution in [0.1, 0.15) is 66.3 Å². The number of aryl methyl sites for hydroxylation is 1. The molecule has 1 aliphatic carbocycles. The van der Waals surface area contributed by atoms with Crippen LogP contribution in [0.4, 0.5) is 18.9 Å². The monoisotopic (exact) mass is 542 g/mol. The summed E-state index contributed by atoms with van der Waals surface area (Å²) in [4.78, 5) is 28.5. The van der Waals surface area contributed by atoms with Gasteiger partial charge in [-0.25, -0.2) is 0 Å². The molecule has 0 spiro atoms. The van der Waals surface area contributed by atoms with Crippen molar-refractivity contribution in [2.45, 2.75) is 63.7 Å². The van der Waals surface area contributed by atoms with E-state index < -0.39 is 24.2 Å². The highest BCUT2D eigenvalue weighted by molar-refractivity contribution is 6.04. The summed E-state index contributed by atoms with van der Waals surface area (Å²) in [6, 6.07) is 8.79. The smallest absolute Gasteiger partial charge is 0.322 e. The lowest BCUT2D eigenvalue weighted by molar-refractivity contribution is -0.141. The number of benzene rings is 1. The molecule has 0 unspecified atom stereocenters. The summed E-state index contributed by atoms with van der Waals surface area (Å²) in [5, 5.41) is 11.2. The number of rotatable bonds is 7. The quantitative estimate of drug-likeness (QED) is 0.476. The number of amides is 1. The molecule has 8 nitrogen and oxygen atoms in total. The zero-order valence-electron chi connectivity index (χ0n) is 22.2. The molecule has 208 valence electrons. The number of piperidine rings is 1. The molecule has 0 bridgehead atoms. The average molecular weight is 543 g/mol. The van der Waals surface area contributed by atoms with Crippen LogP contribution in [0.2, 0.25) is 0 Å². The van der Waals surface area contributed by atoms with Gasteiger partial charge in [0.15, 0.2) is 0 Å². The van der Waals surface area contributed by atoms with Gasteiger partial charge in [0, 0.05) is 25.5 Å². The molecule has 3 heterocycles. The topological polar surface area (TPSA) is 85.1 Å². The average Bonchev–Trinajstić information content (AvgIpc) is 3.29. The number of hydrogen-bond donors (Lipinski definition) is 1. The van der Waals surface area contributed by atoms with Gasteiger partial charge in [-0.05, 0) is 74.0 Å². The lowest BCUT2D eigenvalue weighted by Gasteiger charge is -2.46. The minimum atomic E-state index is -4.59. The van der Waals surface area contributed by atoms with Crippen molar-refractivity contribution in [1.82, 2.24) is 24.2 Å². The van der Waals surface area contributed by atoms with Crippen molar-refractivity contribution in [3.8, 4) is 0 Å². The Morgan fingerprint density at radius 3 is 2.54 bits per heavy atom. The van der Waals surface area contributed by atoms with Crippen LogP contribution in [0.5, 0.6) is 0 Å². The van der Waals surface area contributed by atoms with Crippen LogP contribution in [0.15, 0.2) is 47.7 Å². The number of likely N-dealkylation sites (tertiary alicyclic amines) is 1. The minimum Gasteiger partial charge on any atom is -0.322 e. The number of hydrogen-bond acceptors (Lipinski definition) is 5. The molecule has 1 aliphatic heterocycles. The highest BCUT2D eigenvalue weighted by Crippen LogP contribution is 2.51. The van der Waals surface area contributed by atoms with Gasteiger partial charge in [0.2, 0.25) is 0 Å². The van der Waals surface area contributed by atoms with Gasteiger partial charge in [-0.15, -0.1) is 10.2 Å². The molecule has 1 N–H and O–H groups in total. The van der Waals surface area contributed by atoms with Crippen LogP contribution in [-0.4, -0.2) is 49.4 Å². The molecule has 2 aromatic heterocycles. The minimum absolute atomic E-state index is 0.306. The van der Waals surface area contributed by atoms with Gasteiger partial charge in [0.25, 0.3) is 11.5 Å². The maximum absolute atomic E-state index is 13.3. The Kier molecular flexibility index (Phi) is 7.37. The van der Waals surface area contributed by atoms with Crippen molar-refractivity contribution in [3.05, 3.63) is 75.7 Å². The summed E-state index contributed by atoms with van der Waals surface area (Å²) < 4.78 is 42.3. The normalized spacial score (nSPS) is 21.9. The fourth-order valence-corrected chi connectivity index (χ4v) is 6.12. The zero-order valence-corrected chi connectivity index (χ0v) is 22.2. The van der Waals surface area contributed by atoms with Gasteiger partial charge < -0.3 is 14.5 Å². The number of anilines is 1. The Labute approximate surface area is 224 Å². The summed E-state index contributed by atoms with van der Waals surface area (Å²) in [5.41, 5.74) is 0.305. The van der Waals surface area contributed by atoms with Crippen LogP contribution < -0.4 is 10.9 Å². The van der Waals surface area contributed by atoms with Crippen molar-refractivity contribution in [1.29, 1.82) is 0 Å². The summed E-state index contributed by atoms with van der Waals surface area (Å²) in [5.74, 6) is 0.600. The molecule has 5 rings (SSSR count). The number of carbonyl (C=O) groups excluding carboxylic acids is 1. The number of nitrogens with one attached hydrogen (secondary N) is 1. The van der Waals surface area contributed by atoms with E-state index in [1.54, 1.807) is 12.4 Å². The molecular formula is C28H33F3N6O2. The first-order valence-electron chi connectivity index (χ1n) is 13.3. The van der Waals surface area contributed by atoms with Crippen LogP contribution >= 0.6 is 0 Å². The molecule has 3 aromatic rings. The fourth-order valence-electron chi connectivity index (χ4n) is 6.12. The van der Waals surface area contributed by atoms with Crippen molar-refractivity contribution < 1.29 is 18.0 Å². The number of pyridine rings is 1. The van der Waals surface area contributed by atoms with Gasteiger partial charge in [-0.3, -0.25) is 14.5 Å². The second-order valence-corrected chi connectivity index (χ2v) is 11.0. The van der Waals surface area contributed by atoms with Gasteiger partial charge in [0.1, 0.15) is 24.3 Å². The van der Waals surface area contributed by atoms with Gasteiger partial charge >= 0.3 is 6.18 Å². The van der Waals surface area contributed by atoms with E-state index in [0.29, 0.717) is 28.3 Å². The largest absolute Gasteiger partial charge is 0.406 e. The second-order valence-electron chi connectivity index (χ2n) is 11.0. The van der Waals surface area contributed by atoms with E-state index in [2.05, 4.69) is 27.3 Å². The third kappa shape index (κ3) is 5.78. The molecular weight excluding hydrogens is 509 g/mol. The molecule has 1 amide bonds. The lowest BCUT2D eigenvalue weighted by atomic mass is 9.58. The van der Waals surface area contributed by atoms with E-state index in [4.69, 9.17) is 0 Å². The van der Waals surface area contributed by atoms with E-state index >= 15 is 0 Å². The van der Waals surface area contributed by atoms with Gasteiger partial charge in [-0.1, -0.05) is 25.5 Å². The van der Waals surface area contributed by atoms with E-state index in [1.165, 1.54) is 12.3 Å². The summed E-state index contributed by atoms with van der Waals surface area (Å²) in [7, 11) is 1.90. The molecule has 1 saturated heterocycles. The fraction of sp³-hybridized carbons (Fsp3) is 0.500. The van der Waals surface area contributed by atoms with Crippen LogP contribution in [0, 0.1) is 5.92 Å². The Bertz CT molecular complexity index is 1400. The molecule has 0 radical (unpaired) electrons. The number of nitrogens with zero attached hydrogens (tertiary/aromatic N) is 5. The first-order valence-corrected chi connectivity index (χ1v) is 13.3. The Hall–Kier alpha value is -3.47. The lowest BCUT2D eigenvalue weighted by Crippen LogP contribution is -2.43. The Balaban J connectivity index is 1.44. The van der Waals surface area contributed by atoms with E-state index in [9.17, 15) is 22.8 Å².